The Morgan fingerprint density at radius 3 is 2.15 bits per heavy atom. The molecule has 2 heterocycles. The van der Waals surface area contributed by atoms with Gasteiger partial charge >= 0.3 is 6.03 Å². The molecule has 1 aromatic heterocycles. The van der Waals surface area contributed by atoms with Gasteiger partial charge in [-0.25, -0.2) is 4.79 Å². The minimum Gasteiger partial charge on any atom is -0.459 e. The minimum atomic E-state index is -1.40. The van der Waals surface area contributed by atoms with Crippen molar-refractivity contribution in [2.24, 2.45) is 0 Å². The highest BCUT2D eigenvalue weighted by molar-refractivity contribution is 6.11. The number of para-hydroxylation sites is 1. The van der Waals surface area contributed by atoms with Crippen molar-refractivity contribution in [3.8, 4) is 0 Å². The third-order valence-electron chi connectivity index (χ3n) is 6.07. The van der Waals surface area contributed by atoms with Gasteiger partial charge in [0.15, 0.2) is 5.54 Å². The lowest BCUT2D eigenvalue weighted by Crippen LogP contribution is -2.46. The topological polar surface area (TPSA) is 91.7 Å². The van der Waals surface area contributed by atoms with Gasteiger partial charge in [0.2, 0.25) is 5.91 Å². The number of nitrogens with one attached hydrogen (secondary N) is 2. The highest BCUT2D eigenvalue weighted by atomic mass is 16.3. The summed E-state index contributed by atoms with van der Waals surface area (Å²) < 4.78 is 5.82. The van der Waals surface area contributed by atoms with Gasteiger partial charge in [0.05, 0.1) is 6.04 Å². The van der Waals surface area contributed by atoms with Crippen molar-refractivity contribution < 1.29 is 18.8 Å². The number of imide groups is 1. The number of carbonyl (C=O) groups excluding carboxylic acids is 3. The summed E-state index contributed by atoms with van der Waals surface area (Å²) in [5.41, 5.74) is 0.573. The molecule has 1 aliphatic rings. The Labute approximate surface area is 196 Å². The first-order valence-corrected chi connectivity index (χ1v) is 11.0. The van der Waals surface area contributed by atoms with Crippen molar-refractivity contribution in [1.82, 2.24) is 15.5 Å². The van der Waals surface area contributed by atoms with Crippen LogP contribution in [0.15, 0.2) is 95.4 Å². The van der Waals surface area contributed by atoms with Crippen LogP contribution >= 0.6 is 0 Å². The molecule has 0 radical (unpaired) electrons. The number of rotatable bonds is 6. The smallest absolute Gasteiger partial charge is 0.326 e. The Hall–Kier alpha value is -4.39. The Morgan fingerprint density at radius 1 is 0.941 bits per heavy atom. The lowest BCUT2D eigenvalue weighted by Gasteiger charge is -2.28. The van der Waals surface area contributed by atoms with Gasteiger partial charge in [0, 0.05) is 5.39 Å². The van der Waals surface area contributed by atoms with Crippen molar-refractivity contribution >= 4 is 28.8 Å². The first-order chi connectivity index (χ1) is 16.5. The number of nitrogens with zero attached hydrogens (tertiary/aromatic N) is 1. The molecule has 0 aliphatic carbocycles. The van der Waals surface area contributed by atoms with Crippen LogP contribution in [0, 0.1) is 0 Å². The summed E-state index contributed by atoms with van der Waals surface area (Å²) in [5, 5.41) is 6.61. The molecule has 1 atom stereocenters. The van der Waals surface area contributed by atoms with Gasteiger partial charge < -0.3 is 15.1 Å². The average Bonchev–Trinajstić information content (AvgIpc) is 3.41. The molecule has 34 heavy (non-hydrogen) atoms. The second-order valence-corrected chi connectivity index (χ2v) is 8.28. The maximum Gasteiger partial charge on any atom is 0.326 e. The highest BCUT2D eigenvalue weighted by Crippen LogP contribution is 2.36. The summed E-state index contributed by atoms with van der Waals surface area (Å²) in [5.74, 6) is -0.371. The number of fused-ring (bicyclic) bond motifs is 1. The Morgan fingerprint density at radius 2 is 1.53 bits per heavy atom. The standard InChI is InChI=1S/C27H23N3O4/c1-18(23-16-19-10-8-9-15-22(19)34-23)28-24(31)17-30-25(32)27(29-26(30)33,20-11-4-2-5-12-20)21-13-6-3-7-14-21/h2-16,18H,17H2,1H3,(H,28,31)(H,29,33). The van der Waals surface area contributed by atoms with Crippen LogP contribution in [0.4, 0.5) is 4.79 Å². The minimum absolute atomic E-state index is 0.406. The molecule has 0 spiro atoms. The summed E-state index contributed by atoms with van der Waals surface area (Å²) in [6, 6.07) is 26.5. The van der Waals surface area contributed by atoms with E-state index in [4.69, 9.17) is 4.42 Å². The first kappa shape index (κ1) is 21.5. The second-order valence-electron chi connectivity index (χ2n) is 8.28. The van der Waals surface area contributed by atoms with Gasteiger partial charge in [0.25, 0.3) is 5.91 Å². The number of hydrogen-bond donors (Lipinski definition) is 2. The fourth-order valence-electron chi connectivity index (χ4n) is 4.37. The largest absolute Gasteiger partial charge is 0.459 e. The number of carbonyl (C=O) groups is 3. The van der Waals surface area contributed by atoms with E-state index in [0.29, 0.717) is 16.9 Å². The molecule has 4 amide bonds. The van der Waals surface area contributed by atoms with Crippen LogP contribution in [0.25, 0.3) is 11.0 Å². The van der Waals surface area contributed by atoms with Gasteiger partial charge in [0.1, 0.15) is 17.9 Å². The van der Waals surface area contributed by atoms with Crippen molar-refractivity contribution in [2.75, 3.05) is 6.54 Å². The predicted molar refractivity (Wildman–Crippen MR) is 127 cm³/mol. The van der Waals surface area contributed by atoms with Crippen LogP contribution in [0.3, 0.4) is 0 Å². The third kappa shape index (κ3) is 3.61. The number of hydrogen-bond acceptors (Lipinski definition) is 4. The van der Waals surface area contributed by atoms with E-state index in [1.165, 1.54) is 0 Å². The Kier molecular flexibility index (Phi) is 5.37. The normalized spacial score (nSPS) is 15.9. The van der Waals surface area contributed by atoms with Crippen LogP contribution in [-0.4, -0.2) is 29.3 Å². The SMILES string of the molecule is CC(NC(=O)CN1C(=O)NC(c2ccccc2)(c2ccccc2)C1=O)c1cc2ccccc2o1. The summed E-state index contributed by atoms with van der Waals surface area (Å²) >= 11 is 0. The van der Waals surface area contributed by atoms with Crippen LogP contribution in [0.1, 0.15) is 29.9 Å². The zero-order valence-corrected chi connectivity index (χ0v) is 18.5. The zero-order chi connectivity index (χ0) is 23.7. The van der Waals surface area contributed by atoms with Gasteiger partial charge in [-0.1, -0.05) is 78.9 Å². The molecule has 0 saturated carbocycles. The van der Waals surface area contributed by atoms with Crippen LogP contribution in [0.2, 0.25) is 0 Å². The van der Waals surface area contributed by atoms with Crippen LogP contribution in [-0.2, 0) is 15.1 Å². The van der Waals surface area contributed by atoms with E-state index in [2.05, 4.69) is 10.6 Å². The molecule has 7 heteroatoms. The molecule has 3 aromatic carbocycles. The van der Waals surface area contributed by atoms with Gasteiger partial charge in [-0.2, -0.15) is 0 Å². The van der Waals surface area contributed by atoms with Gasteiger partial charge in [-0.15, -0.1) is 0 Å². The van der Waals surface area contributed by atoms with E-state index in [1.807, 2.05) is 66.7 Å². The molecule has 1 aliphatic heterocycles. The highest BCUT2D eigenvalue weighted by Gasteiger charge is 2.54. The van der Waals surface area contributed by atoms with E-state index in [1.54, 1.807) is 31.2 Å². The van der Waals surface area contributed by atoms with Crippen molar-refractivity contribution in [2.45, 2.75) is 18.5 Å². The average molecular weight is 453 g/mol. The fraction of sp³-hybridized carbons (Fsp3) is 0.148. The van der Waals surface area contributed by atoms with Crippen LogP contribution in [0.5, 0.6) is 0 Å². The molecule has 1 unspecified atom stereocenters. The molecule has 1 fully saturated rings. The molecule has 2 N–H and O–H groups in total. The summed E-state index contributed by atoms with van der Waals surface area (Å²) in [7, 11) is 0. The molecular formula is C27H23N3O4. The Balaban J connectivity index is 1.38. The Bertz CT molecular complexity index is 1290. The van der Waals surface area contributed by atoms with E-state index < -0.39 is 36.0 Å². The molecule has 4 aromatic rings. The molecular weight excluding hydrogens is 430 g/mol. The summed E-state index contributed by atoms with van der Waals surface area (Å²) in [4.78, 5) is 40.4. The molecule has 170 valence electrons. The number of furan rings is 1. The molecule has 0 bridgehead atoms. The van der Waals surface area contributed by atoms with E-state index >= 15 is 0 Å². The maximum absolute atomic E-state index is 13.7. The molecule has 1 saturated heterocycles. The van der Waals surface area contributed by atoms with E-state index in [-0.39, 0.29) is 0 Å². The van der Waals surface area contributed by atoms with Crippen molar-refractivity contribution in [3.63, 3.8) is 0 Å². The number of benzene rings is 3. The van der Waals surface area contributed by atoms with Crippen LogP contribution < -0.4 is 10.6 Å². The zero-order valence-electron chi connectivity index (χ0n) is 18.5. The molecule has 7 nitrogen and oxygen atoms in total. The maximum atomic E-state index is 13.7. The second kappa shape index (κ2) is 8.51. The van der Waals surface area contributed by atoms with E-state index in [9.17, 15) is 14.4 Å². The summed E-state index contributed by atoms with van der Waals surface area (Å²) in [6.07, 6.45) is 0. The number of amides is 4. The van der Waals surface area contributed by atoms with Gasteiger partial charge in [-0.05, 0) is 30.2 Å². The number of urea groups is 1. The third-order valence-corrected chi connectivity index (χ3v) is 6.07. The lowest BCUT2D eigenvalue weighted by atomic mass is 9.82. The van der Waals surface area contributed by atoms with Crippen molar-refractivity contribution in [1.29, 1.82) is 0 Å². The molecule has 5 rings (SSSR count). The van der Waals surface area contributed by atoms with Gasteiger partial charge in [-0.3, -0.25) is 14.5 Å². The predicted octanol–water partition coefficient (Wildman–Crippen LogP) is 4.11. The monoisotopic (exact) mass is 453 g/mol. The summed E-state index contributed by atoms with van der Waals surface area (Å²) in [6.45, 7) is 1.39. The quantitative estimate of drug-likeness (QED) is 0.430. The first-order valence-electron chi connectivity index (χ1n) is 11.0. The lowest BCUT2D eigenvalue weighted by molar-refractivity contribution is -0.134. The van der Waals surface area contributed by atoms with E-state index in [0.717, 1.165) is 15.9 Å². The fourth-order valence-corrected chi connectivity index (χ4v) is 4.37. The van der Waals surface area contributed by atoms with Crippen molar-refractivity contribution in [3.05, 3.63) is 108 Å².